The summed E-state index contributed by atoms with van der Waals surface area (Å²) in [5.41, 5.74) is 1.68. The van der Waals surface area contributed by atoms with Crippen molar-refractivity contribution in [3.05, 3.63) is 52.7 Å². The van der Waals surface area contributed by atoms with E-state index < -0.39 is 0 Å². The minimum Gasteiger partial charge on any atom is -0.352 e. The maximum absolute atomic E-state index is 12.5. The lowest BCUT2D eigenvalue weighted by atomic mass is 10.1. The highest BCUT2D eigenvalue weighted by Crippen LogP contribution is 2.38. The van der Waals surface area contributed by atoms with Crippen LogP contribution in [0.15, 0.2) is 36.4 Å². The average molecular weight is 399 g/mol. The molecule has 7 heteroatoms. The molecule has 2 heterocycles. The molecule has 1 aromatic carbocycles. The molecule has 2 aromatic rings. The van der Waals surface area contributed by atoms with Gasteiger partial charge in [0.25, 0.3) is 0 Å². The molecular weight excluding hydrogens is 376 g/mol. The molecule has 0 spiro atoms. The zero-order valence-electron chi connectivity index (χ0n) is 15.7. The van der Waals surface area contributed by atoms with E-state index in [9.17, 15) is 9.59 Å². The van der Waals surface area contributed by atoms with Crippen LogP contribution in [-0.2, 0) is 4.79 Å². The van der Waals surface area contributed by atoms with Crippen molar-refractivity contribution in [1.82, 2.24) is 15.1 Å². The summed E-state index contributed by atoms with van der Waals surface area (Å²) < 4.78 is 0. The number of hydrogen-bond acceptors (Lipinski definition) is 5. The molecule has 1 aliphatic carbocycles. The molecule has 6 nitrogen and oxygen atoms in total. The highest BCUT2D eigenvalue weighted by molar-refractivity contribution is 6.30. The van der Waals surface area contributed by atoms with E-state index in [0.717, 1.165) is 24.6 Å². The Balaban J connectivity index is 1.24. The second kappa shape index (κ2) is 8.27. The van der Waals surface area contributed by atoms with Crippen LogP contribution >= 0.6 is 11.6 Å². The number of halogens is 1. The van der Waals surface area contributed by atoms with Crippen molar-refractivity contribution in [2.24, 2.45) is 0 Å². The van der Waals surface area contributed by atoms with Gasteiger partial charge < -0.3 is 9.80 Å². The van der Waals surface area contributed by atoms with Crippen LogP contribution in [0.1, 0.15) is 47.7 Å². The van der Waals surface area contributed by atoms with Crippen molar-refractivity contribution >= 4 is 29.1 Å². The minimum absolute atomic E-state index is 0.0251. The maximum Gasteiger partial charge on any atom is 0.223 e. The fourth-order valence-electron chi connectivity index (χ4n) is 3.44. The van der Waals surface area contributed by atoms with Gasteiger partial charge in [0, 0.05) is 55.5 Å². The summed E-state index contributed by atoms with van der Waals surface area (Å²) in [4.78, 5) is 28.7. The number of anilines is 1. The van der Waals surface area contributed by atoms with Crippen LogP contribution in [0.3, 0.4) is 0 Å². The number of hydrogen-bond donors (Lipinski definition) is 0. The monoisotopic (exact) mass is 398 g/mol. The van der Waals surface area contributed by atoms with Gasteiger partial charge in [-0.1, -0.05) is 11.6 Å². The van der Waals surface area contributed by atoms with Gasteiger partial charge in [-0.2, -0.15) is 5.10 Å². The Labute approximate surface area is 169 Å². The average Bonchev–Trinajstić information content (AvgIpc) is 3.58. The van der Waals surface area contributed by atoms with Crippen LogP contribution < -0.4 is 4.90 Å². The number of benzene rings is 1. The third-order valence-electron chi connectivity index (χ3n) is 5.36. The molecular formula is C21H23ClN4O2. The van der Waals surface area contributed by atoms with E-state index in [4.69, 9.17) is 11.6 Å². The Morgan fingerprint density at radius 1 is 0.929 bits per heavy atom. The number of nitrogens with zero attached hydrogens (tertiary/aromatic N) is 4. The number of carbonyl (C=O) groups excluding carboxylic acids is 2. The molecule has 4 rings (SSSR count). The highest BCUT2D eigenvalue weighted by Gasteiger charge is 2.26. The van der Waals surface area contributed by atoms with Crippen molar-refractivity contribution in [2.75, 3.05) is 31.1 Å². The van der Waals surface area contributed by atoms with Gasteiger partial charge in [0.15, 0.2) is 11.6 Å². The smallest absolute Gasteiger partial charge is 0.223 e. The van der Waals surface area contributed by atoms with E-state index in [1.54, 1.807) is 24.3 Å². The largest absolute Gasteiger partial charge is 0.352 e. The van der Waals surface area contributed by atoms with Gasteiger partial charge >= 0.3 is 0 Å². The predicted molar refractivity (Wildman–Crippen MR) is 108 cm³/mol. The number of aromatic nitrogens is 2. The molecule has 2 aliphatic rings. The van der Waals surface area contributed by atoms with Crippen LogP contribution in [0.2, 0.25) is 5.02 Å². The van der Waals surface area contributed by atoms with E-state index in [1.807, 2.05) is 11.0 Å². The van der Waals surface area contributed by atoms with E-state index >= 15 is 0 Å². The summed E-state index contributed by atoms with van der Waals surface area (Å²) in [6.45, 7) is 2.74. The standard InChI is InChI=1S/C21H23ClN4O2/c22-17-5-3-16(4-6-17)19(27)8-10-21(28)26-13-11-25(12-14-26)20-9-7-18(23-24-20)15-1-2-15/h3-7,9,15H,1-2,8,10-14H2. The third-order valence-corrected chi connectivity index (χ3v) is 5.61. The Bertz CT molecular complexity index is 842. The Hall–Kier alpha value is -2.47. The summed E-state index contributed by atoms with van der Waals surface area (Å²) >= 11 is 5.84. The molecule has 146 valence electrons. The summed E-state index contributed by atoms with van der Waals surface area (Å²) in [6.07, 6.45) is 2.89. The van der Waals surface area contributed by atoms with E-state index in [2.05, 4.69) is 21.2 Å². The number of Topliss-reactive ketones (excluding diaryl/α,β-unsaturated/α-hetero) is 1. The van der Waals surface area contributed by atoms with Gasteiger partial charge in [-0.15, -0.1) is 5.10 Å². The predicted octanol–water partition coefficient (Wildman–Crippen LogP) is 3.32. The highest BCUT2D eigenvalue weighted by atomic mass is 35.5. The van der Waals surface area contributed by atoms with Crippen LogP contribution in [0, 0.1) is 0 Å². The quantitative estimate of drug-likeness (QED) is 0.698. The van der Waals surface area contributed by atoms with Gasteiger partial charge in [-0.3, -0.25) is 9.59 Å². The second-order valence-electron chi connectivity index (χ2n) is 7.39. The zero-order valence-corrected chi connectivity index (χ0v) is 16.4. The summed E-state index contributed by atoms with van der Waals surface area (Å²) in [5, 5.41) is 9.28. The molecule has 1 amide bonds. The summed E-state index contributed by atoms with van der Waals surface area (Å²) in [7, 11) is 0. The molecule has 1 aromatic heterocycles. The number of rotatable bonds is 6. The van der Waals surface area contributed by atoms with Crippen molar-refractivity contribution in [3.63, 3.8) is 0 Å². The molecule has 28 heavy (non-hydrogen) atoms. The van der Waals surface area contributed by atoms with Gasteiger partial charge in [0.05, 0.1) is 5.69 Å². The number of ketones is 1. The number of carbonyl (C=O) groups is 2. The van der Waals surface area contributed by atoms with E-state index in [-0.39, 0.29) is 24.5 Å². The Morgan fingerprint density at radius 2 is 1.64 bits per heavy atom. The van der Waals surface area contributed by atoms with E-state index in [0.29, 0.717) is 29.6 Å². The first kappa shape index (κ1) is 18.9. The van der Waals surface area contributed by atoms with Crippen LogP contribution in [0.5, 0.6) is 0 Å². The molecule has 0 unspecified atom stereocenters. The summed E-state index contributed by atoms with van der Waals surface area (Å²) in [5.74, 6) is 1.47. The first-order chi connectivity index (χ1) is 13.6. The third kappa shape index (κ3) is 4.50. The van der Waals surface area contributed by atoms with Crippen molar-refractivity contribution in [3.8, 4) is 0 Å². The fraction of sp³-hybridized carbons (Fsp3) is 0.429. The fourth-order valence-corrected chi connectivity index (χ4v) is 3.57. The minimum atomic E-state index is -0.0327. The topological polar surface area (TPSA) is 66.4 Å². The normalized spacial score (nSPS) is 16.9. The molecule has 0 radical (unpaired) electrons. The lowest BCUT2D eigenvalue weighted by Gasteiger charge is -2.35. The lowest BCUT2D eigenvalue weighted by Crippen LogP contribution is -2.49. The van der Waals surface area contributed by atoms with Crippen molar-refractivity contribution < 1.29 is 9.59 Å². The van der Waals surface area contributed by atoms with Gasteiger partial charge in [-0.25, -0.2) is 0 Å². The number of piperazine rings is 1. The first-order valence-electron chi connectivity index (χ1n) is 9.75. The molecule has 1 aliphatic heterocycles. The lowest BCUT2D eigenvalue weighted by molar-refractivity contribution is -0.131. The SMILES string of the molecule is O=C(CCC(=O)N1CCN(c2ccc(C3CC3)nn2)CC1)c1ccc(Cl)cc1. The molecule has 2 fully saturated rings. The van der Waals surface area contributed by atoms with Gasteiger partial charge in [0.2, 0.25) is 5.91 Å². The molecule has 1 saturated carbocycles. The van der Waals surface area contributed by atoms with Gasteiger partial charge in [-0.05, 0) is 49.2 Å². The van der Waals surface area contributed by atoms with Crippen LogP contribution in [-0.4, -0.2) is 53.0 Å². The maximum atomic E-state index is 12.5. The van der Waals surface area contributed by atoms with Crippen molar-refractivity contribution in [1.29, 1.82) is 0 Å². The second-order valence-corrected chi connectivity index (χ2v) is 7.83. The molecule has 0 atom stereocenters. The first-order valence-corrected chi connectivity index (χ1v) is 10.1. The number of amides is 1. The molecule has 0 bridgehead atoms. The molecule has 0 N–H and O–H groups in total. The molecule has 1 saturated heterocycles. The van der Waals surface area contributed by atoms with E-state index in [1.165, 1.54) is 12.8 Å². The van der Waals surface area contributed by atoms with Crippen LogP contribution in [0.4, 0.5) is 5.82 Å². The van der Waals surface area contributed by atoms with Crippen LogP contribution in [0.25, 0.3) is 0 Å². The Kier molecular flexibility index (Phi) is 5.57. The van der Waals surface area contributed by atoms with Gasteiger partial charge in [0.1, 0.15) is 0 Å². The zero-order chi connectivity index (χ0) is 19.5. The van der Waals surface area contributed by atoms with Crippen molar-refractivity contribution in [2.45, 2.75) is 31.6 Å². The summed E-state index contributed by atoms with van der Waals surface area (Å²) in [6, 6.07) is 10.9. The Morgan fingerprint density at radius 3 is 2.25 bits per heavy atom.